The van der Waals surface area contributed by atoms with E-state index >= 15 is 0 Å². The molecule has 0 saturated heterocycles. The first kappa shape index (κ1) is 22.4. The first-order valence-electron chi connectivity index (χ1n) is 10.7. The largest absolute Gasteiger partial charge is 0.334 e. The third-order valence-electron chi connectivity index (χ3n) is 5.13. The average molecular weight is 456 g/mol. The summed E-state index contributed by atoms with van der Waals surface area (Å²) in [6, 6.07) is 29.2. The maximum Gasteiger partial charge on any atom is 0.319 e. The van der Waals surface area contributed by atoms with Crippen LogP contribution in [0.15, 0.2) is 103 Å². The van der Waals surface area contributed by atoms with Crippen LogP contribution in [0.2, 0.25) is 0 Å². The molecule has 2 N–H and O–H groups in total. The highest BCUT2D eigenvalue weighted by atomic mass is 32.2. The molecule has 0 saturated carbocycles. The molecule has 0 aliphatic rings. The van der Waals surface area contributed by atoms with E-state index in [1.807, 2.05) is 72.8 Å². The second-order valence-electron chi connectivity index (χ2n) is 7.62. The number of benzene rings is 3. The van der Waals surface area contributed by atoms with Crippen LogP contribution in [0.5, 0.6) is 0 Å². The molecule has 3 aromatic carbocycles. The van der Waals surface area contributed by atoms with E-state index in [-0.39, 0.29) is 6.03 Å². The molecule has 6 heteroatoms. The van der Waals surface area contributed by atoms with Gasteiger partial charge in [0.2, 0.25) is 0 Å². The van der Waals surface area contributed by atoms with Crippen molar-refractivity contribution in [3.63, 3.8) is 0 Å². The van der Waals surface area contributed by atoms with Gasteiger partial charge in [-0.1, -0.05) is 72.8 Å². The molecule has 0 bridgehead atoms. The Balaban J connectivity index is 1.31. The number of rotatable bonds is 8. The lowest BCUT2D eigenvalue weighted by atomic mass is 10.0. The van der Waals surface area contributed by atoms with Crippen molar-refractivity contribution in [2.75, 3.05) is 5.32 Å². The lowest BCUT2D eigenvalue weighted by molar-refractivity contribution is 0.251. The first-order chi connectivity index (χ1) is 16.2. The lowest BCUT2D eigenvalue weighted by Gasteiger charge is -2.11. The second kappa shape index (κ2) is 11.2. The fourth-order valence-corrected chi connectivity index (χ4v) is 4.77. The van der Waals surface area contributed by atoms with Crippen LogP contribution in [0.1, 0.15) is 16.7 Å². The monoisotopic (exact) mass is 455 g/mol. The fraction of sp³-hybridized carbons (Fsp3) is 0.111. The van der Waals surface area contributed by atoms with Gasteiger partial charge in [-0.2, -0.15) is 0 Å². The number of carbonyl (C=O) groups excluding carboxylic acids is 1. The summed E-state index contributed by atoms with van der Waals surface area (Å²) >= 11 is 0. The Hall–Kier alpha value is -3.77. The highest BCUT2D eigenvalue weighted by Crippen LogP contribution is 2.25. The van der Waals surface area contributed by atoms with E-state index in [0.29, 0.717) is 23.7 Å². The van der Waals surface area contributed by atoms with Crippen molar-refractivity contribution >= 4 is 22.5 Å². The predicted molar refractivity (Wildman–Crippen MR) is 134 cm³/mol. The molecule has 0 aliphatic heterocycles. The molecule has 1 unspecified atom stereocenters. The van der Waals surface area contributed by atoms with Gasteiger partial charge >= 0.3 is 6.03 Å². The molecule has 1 heterocycles. The van der Waals surface area contributed by atoms with E-state index in [9.17, 15) is 9.00 Å². The van der Waals surface area contributed by atoms with Gasteiger partial charge in [0, 0.05) is 46.9 Å². The van der Waals surface area contributed by atoms with Gasteiger partial charge in [-0.3, -0.25) is 9.19 Å². The highest BCUT2D eigenvalue weighted by Gasteiger charge is 2.09. The van der Waals surface area contributed by atoms with Crippen molar-refractivity contribution in [1.29, 1.82) is 0 Å². The van der Waals surface area contributed by atoms with Gasteiger partial charge in [0.25, 0.3) is 0 Å². The summed E-state index contributed by atoms with van der Waals surface area (Å²) in [5, 5.41) is 5.61. The Labute approximate surface area is 196 Å². The molecule has 4 aromatic rings. The van der Waals surface area contributed by atoms with Crippen molar-refractivity contribution in [3.8, 4) is 11.1 Å². The third kappa shape index (κ3) is 6.60. The number of hydrogen-bond donors (Lipinski definition) is 2. The molecular weight excluding hydrogens is 430 g/mol. The van der Waals surface area contributed by atoms with Crippen LogP contribution >= 0.6 is 0 Å². The molecular formula is C27H25N3O2S. The number of carbonyl (C=O) groups is 1. The van der Waals surface area contributed by atoms with Gasteiger partial charge in [0.15, 0.2) is 0 Å². The molecule has 1 atom stereocenters. The van der Waals surface area contributed by atoms with Gasteiger partial charge in [-0.05, 0) is 46.0 Å². The Kier molecular flexibility index (Phi) is 7.61. The van der Waals surface area contributed by atoms with Crippen molar-refractivity contribution < 1.29 is 9.00 Å². The number of aromatic nitrogens is 1. The van der Waals surface area contributed by atoms with Crippen molar-refractivity contribution in [3.05, 3.63) is 120 Å². The molecule has 4 rings (SSSR count). The average Bonchev–Trinajstić information content (AvgIpc) is 2.85. The van der Waals surface area contributed by atoms with Crippen LogP contribution < -0.4 is 10.6 Å². The van der Waals surface area contributed by atoms with Gasteiger partial charge in [-0.15, -0.1) is 0 Å². The highest BCUT2D eigenvalue weighted by molar-refractivity contribution is 7.83. The van der Waals surface area contributed by atoms with E-state index < -0.39 is 10.8 Å². The van der Waals surface area contributed by atoms with E-state index in [1.165, 1.54) is 0 Å². The number of urea groups is 1. The zero-order valence-electron chi connectivity index (χ0n) is 18.1. The SMILES string of the molecule is O=C(NCc1cccnc1)Nc1ccc(CS(=O)Cc2ccccc2-c2ccccc2)cc1. The normalized spacial score (nSPS) is 11.5. The molecule has 0 fully saturated rings. The number of nitrogens with zero attached hydrogens (tertiary/aromatic N) is 1. The molecule has 33 heavy (non-hydrogen) atoms. The quantitative estimate of drug-likeness (QED) is 0.368. The number of nitrogens with one attached hydrogen (secondary N) is 2. The van der Waals surface area contributed by atoms with Crippen LogP contribution in [0, 0.1) is 0 Å². The Morgan fingerprint density at radius 3 is 2.30 bits per heavy atom. The molecule has 0 radical (unpaired) electrons. The summed E-state index contributed by atoms with van der Waals surface area (Å²) in [5.74, 6) is 0.943. The molecule has 1 aromatic heterocycles. The van der Waals surface area contributed by atoms with E-state index in [0.717, 1.165) is 27.8 Å². The topological polar surface area (TPSA) is 71.1 Å². The standard InChI is InChI=1S/C27H25N3O2S/c31-27(29-18-22-7-6-16-28-17-22)30-25-14-12-21(13-15-25)19-33(32)20-24-10-4-5-11-26(24)23-8-2-1-3-9-23/h1-17H,18-20H2,(H2,29,30,31). The lowest BCUT2D eigenvalue weighted by Crippen LogP contribution is -2.28. The summed E-state index contributed by atoms with van der Waals surface area (Å²) < 4.78 is 12.9. The zero-order chi connectivity index (χ0) is 22.9. The Morgan fingerprint density at radius 2 is 1.55 bits per heavy atom. The first-order valence-corrected chi connectivity index (χ1v) is 12.2. The molecule has 2 amide bonds. The summed E-state index contributed by atoms with van der Waals surface area (Å²) in [6.07, 6.45) is 3.41. The minimum Gasteiger partial charge on any atom is -0.334 e. The number of anilines is 1. The third-order valence-corrected chi connectivity index (χ3v) is 6.42. The number of amides is 2. The van der Waals surface area contributed by atoms with Crippen LogP contribution in [0.4, 0.5) is 10.5 Å². The molecule has 5 nitrogen and oxygen atoms in total. The minimum absolute atomic E-state index is 0.285. The fourth-order valence-electron chi connectivity index (χ4n) is 3.50. The molecule has 0 aliphatic carbocycles. The van der Waals surface area contributed by atoms with Crippen LogP contribution in [0.3, 0.4) is 0 Å². The van der Waals surface area contributed by atoms with E-state index in [1.54, 1.807) is 12.4 Å². The predicted octanol–water partition coefficient (Wildman–Crippen LogP) is 5.52. The Morgan fingerprint density at radius 1 is 0.788 bits per heavy atom. The van der Waals surface area contributed by atoms with Gasteiger partial charge in [-0.25, -0.2) is 4.79 Å². The molecule has 0 spiro atoms. The zero-order valence-corrected chi connectivity index (χ0v) is 18.9. The van der Waals surface area contributed by atoms with Crippen molar-refractivity contribution in [1.82, 2.24) is 10.3 Å². The van der Waals surface area contributed by atoms with E-state index in [4.69, 9.17) is 0 Å². The van der Waals surface area contributed by atoms with Crippen LogP contribution in [-0.2, 0) is 28.9 Å². The van der Waals surface area contributed by atoms with E-state index in [2.05, 4.69) is 33.8 Å². The second-order valence-corrected chi connectivity index (χ2v) is 9.07. The maximum absolute atomic E-state index is 12.9. The molecule has 166 valence electrons. The summed E-state index contributed by atoms with van der Waals surface area (Å²) in [5.41, 5.74) is 5.89. The number of hydrogen-bond acceptors (Lipinski definition) is 3. The minimum atomic E-state index is -1.05. The van der Waals surface area contributed by atoms with Crippen LogP contribution in [-0.4, -0.2) is 15.2 Å². The summed E-state index contributed by atoms with van der Waals surface area (Å²) in [6.45, 7) is 0.404. The maximum atomic E-state index is 12.9. The summed E-state index contributed by atoms with van der Waals surface area (Å²) in [4.78, 5) is 16.1. The van der Waals surface area contributed by atoms with Crippen molar-refractivity contribution in [2.45, 2.75) is 18.1 Å². The van der Waals surface area contributed by atoms with Crippen LogP contribution in [0.25, 0.3) is 11.1 Å². The van der Waals surface area contributed by atoms with Gasteiger partial charge < -0.3 is 10.6 Å². The number of pyridine rings is 1. The Bertz CT molecular complexity index is 1210. The van der Waals surface area contributed by atoms with Crippen molar-refractivity contribution in [2.24, 2.45) is 0 Å². The van der Waals surface area contributed by atoms with Gasteiger partial charge in [0.05, 0.1) is 0 Å². The smallest absolute Gasteiger partial charge is 0.319 e. The summed E-state index contributed by atoms with van der Waals surface area (Å²) in [7, 11) is -1.05. The van der Waals surface area contributed by atoms with Gasteiger partial charge in [0.1, 0.15) is 0 Å².